The van der Waals surface area contributed by atoms with Gasteiger partial charge in [0.2, 0.25) is 0 Å². The van der Waals surface area contributed by atoms with Gasteiger partial charge in [0.25, 0.3) is 0 Å². The third-order valence-electron chi connectivity index (χ3n) is 6.40. The van der Waals surface area contributed by atoms with Crippen molar-refractivity contribution >= 4 is 5.69 Å². The summed E-state index contributed by atoms with van der Waals surface area (Å²) in [5.74, 6) is 1.47. The second-order valence-electron chi connectivity index (χ2n) is 8.21. The Morgan fingerprint density at radius 3 is 2.30 bits per heavy atom. The van der Waals surface area contributed by atoms with Crippen molar-refractivity contribution in [2.24, 2.45) is 0 Å². The van der Waals surface area contributed by atoms with E-state index < -0.39 is 0 Å². The Balaban J connectivity index is 1.32. The standard InChI is InChI=1S/C24H32FN3O2/c1-29-22-7-5-20(6-8-22)27-12-14-28(15-13-27)21-4-3-11-26(18-21)17-19-16-23(30-2)9-10-24(19)25/h5-10,16,21H,3-4,11-15,17-18H2,1-2H3/t21-/m0/s1. The Morgan fingerprint density at radius 2 is 1.60 bits per heavy atom. The van der Waals surface area contributed by atoms with E-state index in [1.807, 2.05) is 18.2 Å². The van der Waals surface area contributed by atoms with Crippen LogP contribution in [0, 0.1) is 5.82 Å². The maximum absolute atomic E-state index is 14.3. The van der Waals surface area contributed by atoms with Crippen molar-refractivity contribution in [2.45, 2.75) is 25.4 Å². The number of anilines is 1. The molecule has 2 aromatic rings. The van der Waals surface area contributed by atoms with E-state index in [0.29, 0.717) is 12.6 Å². The zero-order chi connectivity index (χ0) is 20.9. The molecule has 2 aliphatic heterocycles. The first-order chi connectivity index (χ1) is 14.7. The van der Waals surface area contributed by atoms with Crippen molar-refractivity contribution in [1.82, 2.24) is 9.80 Å². The van der Waals surface area contributed by atoms with Gasteiger partial charge >= 0.3 is 0 Å². The molecular formula is C24H32FN3O2. The summed E-state index contributed by atoms with van der Waals surface area (Å²) in [4.78, 5) is 7.46. The minimum Gasteiger partial charge on any atom is -0.497 e. The minimum atomic E-state index is -0.147. The van der Waals surface area contributed by atoms with E-state index in [1.54, 1.807) is 20.3 Å². The average Bonchev–Trinajstić information content (AvgIpc) is 2.81. The fourth-order valence-electron chi connectivity index (χ4n) is 4.65. The highest BCUT2D eigenvalue weighted by molar-refractivity contribution is 5.49. The Kier molecular flexibility index (Phi) is 6.75. The molecule has 0 N–H and O–H groups in total. The SMILES string of the molecule is COc1ccc(N2CCN([C@H]3CCCN(Cc4cc(OC)ccc4F)C3)CC2)cc1. The first kappa shape index (κ1) is 20.9. The van der Waals surface area contributed by atoms with Crippen LogP contribution in [0.25, 0.3) is 0 Å². The number of likely N-dealkylation sites (tertiary alicyclic amines) is 1. The topological polar surface area (TPSA) is 28.2 Å². The fraction of sp³-hybridized carbons (Fsp3) is 0.500. The molecule has 0 amide bonds. The highest BCUT2D eigenvalue weighted by Gasteiger charge is 2.28. The van der Waals surface area contributed by atoms with Crippen molar-refractivity contribution in [3.05, 3.63) is 53.8 Å². The van der Waals surface area contributed by atoms with E-state index in [-0.39, 0.29) is 5.82 Å². The van der Waals surface area contributed by atoms with Gasteiger partial charge in [-0.1, -0.05) is 0 Å². The molecule has 0 saturated carbocycles. The van der Waals surface area contributed by atoms with E-state index in [2.05, 4.69) is 26.8 Å². The van der Waals surface area contributed by atoms with Crippen LogP contribution in [0.15, 0.2) is 42.5 Å². The van der Waals surface area contributed by atoms with Crippen molar-refractivity contribution < 1.29 is 13.9 Å². The summed E-state index contributed by atoms with van der Waals surface area (Å²) in [7, 11) is 3.32. The van der Waals surface area contributed by atoms with Gasteiger partial charge in [-0.3, -0.25) is 9.80 Å². The molecule has 0 bridgehead atoms. The van der Waals surface area contributed by atoms with Crippen LogP contribution in [-0.4, -0.2) is 69.3 Å². The summed E-state index contributed by atoms with van der Waals surface area (Å²) in [6.07, 6.45) is 2.38. The molecule has 5 nitrogen and oxygen atoms in total. The Morgan fingerprint density at radius 1 is 0.900 bits per heavy atom. The lowest BCUT2D eigenvalue weighted by atomic mass is 10.0. The normalized spacial score (nSPS) is 20.9. The molecule has 0 radical (unpaired) electrons. The quantitative estimate of drug-likeness (QED) is 0.721. The predicted octanol–water partition coefficient (Wildman–Crippen LogP) is 3.63. The molecule has 0 aliphatic carbocycles. The van der Waals surface area contributed by atoms with Crippen molar-refractivity contribution in [2.75, 3.05) is 58.4 Å². The largest absolute Gasteiger partial charge is 0.497 e. The van der Waals surface area contributed by atoms with Crippen LogP contribution in [0.3, 0.4) is 0 Å². The summed E-state index contributed by atoms with van der Waals surface area (Å²) in [6, 6.07) is 13.9. The van der Waals surface area contributed by atoms with Gasteiger partial charge in [-0.05, 0) is 61.9 Å². The van der Waals surface area contributed by atoms with Gasteiger partial charge in [-0.25, -0.2) is 4.39 Å². The number of benzene rings is 2. The monoisotopic (exact) mass is 413 g/mol. The summed E-state index contributed by atoms with van der Waals surface area (Å²) in [6.45, 7) is 6.88. The van der Waals surface area contributed by atoms with E-state index >= 15 is 0 Å². The highest BCUT2D eigenvalue weighted by Crippen LogP contribution is 2.25. The van der Waals surface area contributed by atoms with Crippen LogP contribution in [0.4, 0.5) is 10.1 Å². The molecule has 2 aromatic carbocycles. The van der Waals surface area contributed by atoms with Gasteiger partial charge in [0.05, 0.1) is 14.2 Å². The van der Waals surface area contributed by atoms with Gasteiger partial charge in [0, 0.05) is 56.6 Å². The molecule has 2 fully saturated rings. The van der Waals surface area contributed by atoms with Gasteiger partial charge in [-0.15, -0.1) is 0 Å². The lowest BCUT2D eigenvalue weighted by Crippen LogP contribution is -2.55. The molecule has 0 aromatic heterocycles. The molecule has 1 atom stereocenters. The second kappa shape index (κ2) is 9.67. The number of nitrogens with zero attached hydrogens (tertiary/aromatic N) is 3. The van der Waals surface area contributed by atoms with Gasteiger partial charge in [-0.2, -0.15) is 0 Å². The fourth-order valence-corrected chi connectivity index (χ4v) is 4.65. The molecule has 0 unspecified atom stereocenters. The Bertz CT molecular complexity index is 822. The van der Waals surface area contributed by atoms with Crippen LogP contribution in [-0.2, 0) is 6.54 Å². The van der Waals surface area contributed by atoms with Gasteiger partial charge in [0.1, 0.15) is 17.3 Å². The number of piperazine rings is 1. The summed E-state index contributed by atoms with van der Waals surface area (Å²) in [5, 5.41) is 0. The maximum atomic E-state index is 14.3. The first-order valence-corrected chi connectivity index (χ1v) is 10.8. The molecule has 162 valence electrons. The van der Waals surface area contributed by atoms with Crippen LogP contribution >= 0.6 is 0 Å². The third kappa shape index (κ3) is 4.87. The summed E-state index contributed by atoms with van der Waals surface area (Å²) in [5.41, 5.74) is 1.98. The summed E-state index contributed by atoms with van der Waals surface area (Å²) < 4.78 is 24.8. The van der Waals surface area contributed by atoms with Crippen molar-refractivity contribution in [3.8, 4) is 11.5 Å². The number of methoxy groups -OCH3 is 2. The van der Waals surface area contributed by atoms with Gasteiger partial charge < -0.3 is 14.4 Å². The van der Waals surface area contributed by atoms with E-state index in [9.17, 15) is 4.39 Å². The zero-order valence-electron chi connectivity index (χ0n) is 18.0. The molecule has 2 saturated heterocycles. The third-order valence-corrected chi connectivity index (χ3v) is 6.40. The van der Waals surface area contributed by atoms with Crippen LogP contribution in [0.2, 0.25) is 0 Å². The molecule has 4 rings (SSSR count). The molecule has 2 heterocycles. The molecule has 30 heavy (non-hydrogen) atoms. The Labute approximate surface area is 179 Å². The van der Waals surface area contributed by atoms with Crippen molar-refractivity contribution in [3.63, 3.8) is 0 Å². The lowest BCUT2D eigenvalue weighted by Gasteiger charge is -2.44. The smallest absolute Gasteiger partial charge is 0.127 e. The average molecular weight is 414 g/mol. The summed E-state index contributed by atoms with van der Waals surface area (Å²) >= 11 is 0. The molecular weight excluding hydrogens is 381 g/mol. The number of hydrogen-bond acceptors (Lipinski definition) is 5. The van der Waals surface area contributed by atoms with Crippen LogP contribution in [0.5, 0.6) is 11.5 Å². The molecule has 0 spiro atoms. The molecule has 2 aliphatic rings. The van der Waals surface area contributed by atoms with E-state index in [4.69, 9.17) is 9.47 Å². The minimum absolute atomic E-state index is 0.147. The van der Waals surface area contributed by atoms with E-state index in [0.717, 1.165) is 62.8 Å². The van der Waals surface area contributed by atoms with Crippen LogP contribution in [0.1, 0.15) is 18.4 Å². The van der Waals surface area contributed by atoms with Crippen LogP contribution < -0.4 is 14.4 Å². The van der Waals surface area contributed by atoms with Gasteiger partial charge in [0.15, 0.2) is 0 Å². The number of ether oxygens (including phenoxy) is 2. The van der Waals surface area contributed by atoms with E-state index in [1.165, 1.54) is 18.2 Å². The number of halogens is 1. The zero-order valence-corrected chi connectivity index (χ0v) is 18.0. The number of hydrogen-bond donors (Lipinski definition) is 0. The second-order valence-corrected chi connectivity index (χ2v) is 8.21. The first-order valence-electron chi connectivity index (χ1n) is 10.8. The Hall–Kier alpha value is -2.31. The number of rotatable bonds is 6. The maximum Gasteiger partial charge on any atom is 0.127 e. The molecule has 6 heteroatoms. The highest BCUT2D eigenvalue weighted by atomic mass is 19.1. The predicted molar refractivity (Wildman–Crippen MR) is 118 cm³/mol. The van der Waals surface area contributed by atoms with Crippen molar-refractivity contribution in [1.29, 1.82) is 0 Å². The lowest BCUT2D eigenvalue weighted by molar-refractivity contribution is 0.0881. The number of piperidine rings is 1.